The first kappa shape index (κ1) is 12.0. The van der Waals surface area contributed by atoms with Gasteiger partial charge < -0.3 is 5.32 Å². The minimum Gasteiger partial charge on any atom is -0.381 e. The number of nitrogens with zero attached hydrogens (tertiary/aromatic N) is 1. The molecule has 17 heavy (non-hydrogen) atoms. The number of rotatable bonds is 2. The molecule has 2 heteroatoms. The van der Waals surface area contributed by atoms with Crippen LogP contribution < -0.4 is 5.32 Å². The second-order valence-electron chi connectivity index (χ2n) is 5.96. The Morgan fingerprint density at radius 1 is 1.29 bits per heavy atom. The molecule has 1 aromatic carbocycles. The van der Waals surface area contributed by atoms with E-state index in [0.29, 0.717) is 17.4 Å². The summed E-state index contributed by atoms with van der Waals surface area (Å²) in [4.78, 5) is 0. The van der Waals surface area contributed by atoms with Crippen molar-refractivity contribution in [3.05, 3.63) is 29.8 Å². The molecule has 1 aliphatic rings. The maximum Gasteiger partial charge on any atom is 0.101 e. The van der Waals surface area contributed by atoms with Gasteiger partial charge in [0.25, 0.3) is 0 Å². The molecular weight excluding hydrogens is 208 g/mol. The summed E-state index contributed by atoms with van der Waals surface area (Å²) in [5, 5.41) is 12.6. The molecule has 0 saturated heterocycles. The number of para-hydroxylation sites is 1. The van der Waals surface area contributed by atoms with Crippen LogP contribution in [0, 0.1) is 22.7 Å². The van der Waals surface area contributed by atoms with Crippen molar-refractivity contribution in [2.24, 2.45) is 11.3 Å². The highest BCUT2D eigenvalue weighted by Crippen LogP contribution is 2.42. The van der Waals surface area contributed by atoms with Gasteiger partial charge in [0.05, 0.1) is 11.3 Å². The Morgan fingerprint density at radius 3 is 2.59 bits per heavy atom. The summed E-state index contributed by atoms with van der Waals surface area (Å²) in [5.41, 5.74) is 2.13. The van der Waals surface area contributed by atoms with Crippen LogP contribution in [-0.2, 0) is 0 Å². The molecule has 0 radical (unpaired) electrons. The predicted octanol–water partition coefficient (Wildman–Crippen LogP) is 3.79. The van der Waals surface area contributed by atoms with Gasteiger partial charge >= 0.3 is 0 Å². The summed E-state index contributed by atoms with van der Waals surface area (Å²) in [5.74, 6) is 0.664. The monoisotopic (exact) mass is 228 g/mol. The fourth-order valence-corrected chi connectivity index (χ4v) is 2.99. The van der Waals surface area contributed by atoms with Gasteiger partial charge in [0, 0.05) is 6.04 Å². The Hall–Kier alpha value is -1.49. The van der Waals surface area contributed by atoms with Crippen molar-refractivity contribution in [1.29, 1.82) is 5.26 Å². The highest BCUT2D eigenvalue weighted by atomic mass is 14.9. The van der Waals surface area contributed by atoms with Crippen LogP contribution in [0.25, 0.3) is 0 Å². The lowest BCUT2D eigenvalue weighted by molar-refractivity contribution is 0.366. The smallest absolute Gasteiger partial charge is 0.101 e. The van der Waals surface area contributed by atoms with Crippen molar-refractivity contribution in [2.75, 3.05) is 5.32 Å². The lowest BCUT2D eigenvalue weighted by Crippen LogP contribution is -2.23. The zero-order valence-corrected chi connectivity index (χ0v) is 10.8. The van der Waals surface area contributed by atoms with Crippen LogP contribution in [0.3, 0.4) is 0 Å². The molecule has 0 heterocycles. The average molecular weight is 228 g/mol. The molecule has 0 bridgehead atoms. The fraction of sp³-hybridized carbons (Fsp3) is 0.533. The predicted molar refractivity (Wildman–Crippen MR) is 70.7 cm³/mol. The van der Waals surface area contributed by atoms with E-state index in [2.05, 4.69) is 32.2 Å². The molecule has 1 N–H and O–H groups in total. The summed E-state index contributed by atoms with van der Waals surface area (Å²) in [6.07, 6.45) is 2.42. The van der Waals surface area contributed by atoms with E-state index in [1.807, 2.05) is 24.3 Å². The molecule has 1 aromatic rings. The number of hydrogen-bond acceptors (Lipinski definition) is 2. The highest BCUT2D eigenvalue weighted by molar-refractivity contribution is 5.57. The van der Waals surface area contributed by atoms with Gasteiger partial charge in [0.2, 0.25) is 0 Å². The molecule has 0 aromatic heterocycles. The second kappa shape index (κ2) is 4.41. The highest BCUT2D eigenvalue weighted by Gasteiger charge is 2.36. The van der Waals surface area contributed by atoms with Crippen LogP contribution in [0.5, 0.6) is 0 Å². The lowest BCUT2D eigenvalue weighted by atomic mass is 9.91. The molecule has 90 valence electrons. The lowest BCUT2D eigenvalue weighted by Gasteiger charge is -2.20. The Kier molecular flexibility index (Phi) is 3.11. The first-order valence-corrected chi connectivity index (χ1v) is 6.27. The number of nitrogens with one attached hydrogen (secondary N) is 1. The molecule has 1 fully saturated rings. The third-order valence-electron chi connectivity index (χ3n) is 3.72. The van der Waals surface area contributed by atoms with Crippen LogP contribution in [-0.4, -0.2) is 6.04 Å². The largest absolute Gasteiger partial charge is 0.381 e. The maximum atomic E-state index is 9.07. The van der Waals surface area contributed by atoms with Crippen LogP contribution in [0.15, 0.2) is 24.3 Å². The van der Waals surface area contributed by atoms with Crippen molar-refractivity contribution in [3.8, 4) is 6.07 Å². The van der Waals surface area contributed by atoms with Gasteiger partial charge in [-0.25, -0.2) is 0 Å². The van der Waals surface area contributed by atoms with Gasteiger partial charge in [0.1, 0.15) is 6.07 Å². The zero-order chi connectivity index (χ0) is 12.5. The summed E-state index contributed by atoms with van der Waals surface area (Å²) in [6.45, 7) is 6.93. The molecule has 2 nitrogen and oxygen atoms in total. The molecule has 0 spiro atoms. The SMILES string of the molecule is CC1CC(C)(C)CC1Nc1ccccc1C#N. The number of anilines is 1. The van der Waals surface area contributed by atoms with Gasteiger partial charge in [0.15, 0.2) is 0 Å². The van der Waals surface area contributed by atoms with E-state index < -0.39 is 0 Å². The van der Waals surface area contributed by atoms with Gasteiger partial charge in [-0.15, -0.1) is 0 Å². The molecule has 2 rings (SSSR count). The van der Waals surface area contributed by atoms with Crippen LogP contribution in [0.1, 0.15) is 39.2 Å². The topological polar surface area (TPSA) is 35.8 Å². The standard InChI is InChI=1S/C15H20N2/c1-11-8-15(2,3)9-14(11)17-13-7-5-4-6-12(13)10-16/h4-7,11,14,17H,8-9H2,1-3H3. The Balaban J connectivity index is 2.15. The van der Waals surface area contributed by atoms with E-state index in [1.54, 1.807) is 0 Å². The summed E-state index contributed by atoms with van der Waals surface area (Å²) in [6, 6.07) is 10.5. The third-order valence-corrected chi connectivity index (χ3v) is 3.72. The Bertz CT molecular complexity index is 442. The Labute approximate surface area is 104 Å². The fourth-order valence-electron chi connectivity index (χ4n) is 2.99. The van der Waals surface area contributed by atoms with E-state index in [1.165, 1.54) is 12.8 Å². The summed E-state index contributed by atoms with van der Waals surface area (Å²) in [7, 11) is 0. The van der Waals surface area contributed by atoms with Crippen molar-refractivity contribution in [3.63, 3.8) is 0 Å². The van der Waals surface area contributed by atoms with Crippen molar-refractivity contribution < 1.29 is 0 Å². The second-order valence-corrected chi connectivity index (χ2v) is 5.96. The zero-order valence-electron chi connectivity index (χ0n) is 10.8. The molecular formula is C15H20N2. The quantitative estimate of drug-likeness (QED) is 0.835. The Morgan fingerprint density at radius 2 is 2.00 bits per heavy atom. The molecule has 2 unspecified atom stereocenters. The van der Waals surface area contributed by atoms with Crippen molar-refractivity contribution in [2.45, 2.75) is 39.7 Å². The van der Waals surface area contributed by atoms with Crippen LogP contribution in [0.4, 0.5) is 5.69 Å². The molecule has 1 aliphatic carbocycles. The van der Waals surface area contributed by atoms with Crippen LogP contribution in [0.2, 0.25) is 0 Å². The summed E-state index contributed by atoms with van der Waals surface area (Å²) < 4.78 is 0. The van der Waals surface area contributed by atoms with Crippen molar-refractivity contribution in [1.82, 2.24) is 0 Å². The van der Waals surface area contributed by atoms with Gasteiger partial charge in [-0.3, -0.25) is 0 Å². The third kappa shape index (κ3) is 2.61. The van der Waals surface area contributed by atoms with E-state index in [-0.39, 0.29) is 0 Å². The van der Waals surface area contributed by atoms with E-state index in [9.17, 15) is 0 Å². The van der Waals surface area contributed by atoms with Gasteiger partial charge in [-0.05, 0) is 36.3 Å². The number of nitriles is 1. The maximum absolute atomic E-state index is 9.07. The molecule has 1 saturated carbocycles. The normalized spacial score (nSPS) is 26.5. The molecule has 2 atom stereocenters. The number of benzene rings is 1. The van der Waals surface area contributed by atoms with Crippen LogP contribution >= 0.6 is 0 Å². The van der Waals surface area contributed by atoms with Crippen molar-refractivity contribution >= 4 is 5.69 Å². The molecule has 0 amide bonds. The number of hydrogen-bond donors (Lipinski definition) is 1. The van der Waals surface area contributed by atoms with E-state index in [0.717, 1.165) is 11.3 Å². The van der Waals surface area contributed by atoms with Gasteiger partial charge in [-0.1, -0.05) is 32.9 Å². The minimum absolute atomic E-state index is 0.415. The first-order chi connectivity index (χ1) is 8.02. The van der Waals surface area contributed by atoms with Gasteiger partial charge in [-0.2, -0.15) is 5.26 Å². The summed E-state index contributed by atoms with van der Waals surface area (Å²) >= 11 is 0. The van der Waals surface area contributed by atoms with E-state index in [4.69, 9.17) is 5.26 Å². The minimum atomic E-state index is 0.415. The average Bonchev–Trinajstić information content (AvgIpc) is 2.52. The van der Waals surface area contributed by atoms with E-state index >= 15 is 0 Å². The molecule has 0 aliphatic heterocycles. The first-order valence-electron chi connectivity index (χ1n) is 6.27.